The predicted molar refractivity (Wildman–Crippen MR) is 85.9 cm³/mol. The number of oxazole rings is 1. The molecule has 0 fully saturated rings. The summed E-state index contributed by atoms with van der Waals surface area (Å²) < 4.78 is 7.26. The second-order valence-electron chi connectivity index (χ2n) is 5.23. The van der Waals surface area contributed by atoms with Gasteiger partial charge in [-0.05, 0) is 25.1 Å². The van der Waals surface area contributed by atoms with Gasteiger partial charge >= 0.3 is 0 Å². The molecule has 3 aromatic rings. The molecule has 0 saturated carbocycles. The number of benzene rings is 1. The molecule has 3 rings (SSSR count). The first kappa shape index (κ1) is 15.0. The molecular weight excluding hydrogens is 292 g/mol. The van der Waals surface area contributed by atoms with Gasteiger partial charge in [0, 0.05) is 31.8 Å². The van der Waals surface area contributed by atoms with Crippen LogP contribution in [0.4, 0.5) is 0 Å². The van der Waals surface area contributed by atoms with Gasteiger partial charge in [0.05, 0.1) is 5.69 Å². The maximum Gasteiger partial charge on any atom is 0.269 e. The van der Waals surface area contributed by atoms with E-state index in [9.17, 15) is 4.79 Å². The minimum absolute atomic E-state index is 0.144. The van der Waals surface area contributed by atoms with Gasteiger partial charge in [0.15, 0.2) is 0 Å². The van der Waals surface area contributed by atoms with Gasteiger partial charge in [0.1, 0.15) is 11.5 Å². The summed E-state index contributed by atoms with van der Waals surface area (Å²) in [5.41, 5.74) is 2.33. The molecule has 0 aliphatic carbocycles. The van der Waals surface area contributed by atoms with E-state index in [1.807, 2.05) is 37.3 Å². The quantitative estimate of drug-likeness (QED) is 0.785. The number of rotatable bonds is 5. The first-order valence-corrected chi connectivity index (χ1v) is 7.43. The second-order valence-corrected chi connectivity index (χ2v) is 5.23. The molecule has 0 bridgehead atoms. The van der Waals surface area contributed by atoms with Crippen LogP contribution in [0.5, 0.6) is 0 Å². The van der Waals surface area contributed by atoms with Crippen LogP contribution in [0.25, 0.3) is 11.5 Å². The van der Waals surface area contributed by atoms with E-state index in [1.165, 1.54) is 0 Å². The van der Waals surface area contributed by atoms with E-state index >= 15 is 0 Å². The minimum atomic E-state index is -0.144. The largest absolute Gasteiger partial charge is 0.441 e. The fraction of sp³-hybridized carbons (Fsp3) is 0.235. The van der Waals surface area contributed by atoms with Crippen molar-refractivity contribution in [2.75, 3.05) is 6.54 Å². The van der Waals surface area contributed by atoms with E-state index in [2.05, 4.69) is 15.4 Å². The fourth-order valence-electron chi connectivity index (χ4n) is 2.35. The van der Waals surface area contributed by atoms with Crippen molar-refractivity contribution in [3.8, 4) is 11.5 Å². The van der Waals surface area contributed by atoms with Crippen LogP contribution in [0.2, 0.25) is 0 Å². The van der Waals surface area contributed by atoms with Gasteiger partial charge in [-0.3, -0.25) is 9.48 Å². The van der Waals surface area contributed by atoms with E-state index in [-0.39, 0.29) is 5.91 Å². The first-order valence-electron chi connectivity index (χ1n) is 7.43. The van der Waals surface area contributed by atoms with Crippen LogP contribution in [-0.2, 0) is 13.5 Å². The maximum absolute atomic E-state index is 12.0. The summed E-state index contributed by atoms with van der Waals surface area (Å²) in [5, 5.41) is 6.85. The van der Waals surface area contributed by atoms with Crippen LogP contribution in [0.1, 0.15) is 21.9 Å². The molecule has 0 spiro atoms. The second kappa shape index (κ2) is 6.48. The molecule has 6 nitrogen and oxygen atoms in total. The number of aromatic nitrogens is 3. The van der Waals surface area contributed by atoms with Crippen molar-refractivity contribution in [3.05, 3.63) is 59.7 Å². The summed E-state index contributed by atoms with van der Waals surface area (Å²) >= 11 is 0. The number of hydrogen-bond acceptors (Lipinski definition) is 4. The van der Waals surface area contributed by atoms with Gasteiger partial charge in [0.25, 0.3) is 5.91 Å². The van der Waals surface area contributed by atoms with Gasteiger partial charge < -0.3 is 9.73 Å². The summed E-state index contributed by atoms with van der Waals surface area (Å²) in [6.45, 7) is 2.38. The van der Waals surface area contributed by atoms with Crippen molar-refractivity contribution in [2.45, 2.75) is 13.3 Å². The van der Waals surface area contributed by atoms with Gasteiger partial charge in [-0.2, -0.15) is 5.10 Å². The first-order chi connectivity index (χ1) is 11.1. The van der Waals surface area contributed by atoms with Crippen molar-refractivity contribution in [3.63, 3.8) is 0 Å². The lowest BCUT2D eigenvalue weighted by atomic mass is 10.2. The van der Waals surface area contributed by atoms with Crippen molar-refractivity contribution < 1.29 is 9.21 Å². The molecule has 0 radical (unpaired) electrons. The Morgan fingerprint density at radius 1 is 1.26 bits per heavy atom. The van der Waals surface area contributed by atoms with Crippen LogP contribution < -0.4 is 5.32 Å². The summed E-state index contributed by atoms with van der Waals surface area (Å²) in [4.78, 5) is 16.5. The number of nitrogens with one attached hydrogen (secondary N) is 1. The maximum atomic E-state index is 12.0. The zero-order valence-corrected chi connectivity index (χ0v) is 13.1. The van der Waals surface area contributed by atoms with Crippen molar-refractivity contribution in [1.82, 2.24) is 20.1 Å². The van der Waals surface area contributed by atoms with Crippen LogP contribution >= 0.6 is 0 Å². The lowest BCUT2D eigenvalue weighted by Crippen LogP contribution is -2.27. The molecule has 1 aromatic carbocycles. The zero-order valence-electron chi connectivity index (χ0n) is 13.1. The molecule has 1 N–H and O–H groups in total. The molecule has 0 aliphatic rings. The van der Waals surface area contributed by atoms with Crippen LogP contribution in [0.3, 0.4) is 0 Å². The summed E-state index contributed by atoms with van der Waals surface area (Å²) in [6, 6.07) is 11.4. The van der Waals surface area contributed by atoms with Crippen LogP contribution in [0.15, 0.2) is 47.0 Å². The Morgan fingerprint density at radius 2 is 2.04 bits per heavy atom. The Kier molecular flexibility index (Phi) is 4.23. The standard InChI is InChI=1S/C17H18N4O2/c1-12-14(20-17(23-12)13-6-4-3-5-7-13)8-10-18-16(22)15-9-11-19-21(15)2/h3-7,9,11H,8,10H2,1-2H3,(H,18,22). The molecule has 6 heteroatoms. The Labute approximate surface area is 134 Å². The molecular formula is C17H18N4O2. The van der Waals surface area contributed by atoms with Crippen molar-refractivity contribution >= 4 is 5.91 Å². The normalized spacial score (nSPS) is 10.7. The molecule has 118 valence electrons. The van der Waals surface area contributed by atoms with Gasteiger partial charge in [-0.25, -0.2) is 4.98 Å². The Hall–Kier alpha value is -2.89. The van der Waals surface area contributed by atoms with Gasteiger partial charge in [-0.15, -0.1) is 0 Å². The molecule has 23 heavy (non-hydrogen) atoms. The highest BCUT2D eigenvalue weighted by Gasteiger charge is 2.13. The minimum Gasteiger partial charge on any atom is -0.441 e. The van der Waals surface area contributed by atoms with Crippen LogP contribution in [-0.4, -0.2) is 27.2 Å². The summed E-state index contributed by atoms with van der Waals surface area (Å²) in [6.07, 6.45) is 2.22. The molecule has 0 aliphatic heterocycles. The third-order valence-corrected chi connectivity index (χ3v) is 3.61. The summed E-state index contributed by atoms with van der Waals surface area (Å²) in [7, 11) is 1.74. The monoisotopic (exact) mass is 310 g/mol. The average molecular weight is 310 g/mol. The smallest absolute Gasteiger partial charge is 0.269 e. The van der Waals surface area contributed by atoms with Gasteiger partial charge in [-0.1, -0.05) is 18.2 Å². The van der Waals surface area contributed by atoms with Crippen LogP contribution in [0, 0.1) is 6.92 Å². The number of carbonyl (C=O) groups excluding carboxylic acids is 1. The predicted octanol–water partition coefficient (Wildman–Crippen LogP) is 2.36. The molecule has 0 unspecified atom stereocenters. The topological polar surface area (TPSA) is 73.0 Å². The number of hydrogen-bond donors (Lipinski definition) is 1. The van der Waals surface area contributed by atoms with Crippen molar-refractivity contribution in [1.29, 1.82) is 0 Å². The number of carbonyl (C=O) groups is 1. The summed E-state index contributed by atoms with van der Waals surface area (Å²) in [5.74, 6) is 1.24. The third kappa shape index (κ3) is 3.31. The zero-order chi connectivity index (χ0) is 16.2. The number of amides is 1. The van der Waals surface area contributed by atoms with E-state index in [4.69, 9.17) is 4.42 Å². The SMILES string of the molecule is Cc1oc(-c2ccccc2)nc1CCNC(=O)c1ccnn1C. The molecule has 0 atom stereocenters. The lowest BCUT2D eigenvalue weighted by molar-refractivity contribution is 0.0944. The molecule has 0 saturated heterocycles. The van der Waals surface area contributed by atoms with Crippen molar-refractivity contribution in [2.24, 2.45) is 7.05 Å². The lowest BCUT2D eigenvalue weighted by Gasteiger charge is -2.04. The van der Waals surface area contributed by atoms with E-state index in [0.29, 0.717) is 24.6 Å². The Morgan fingerprint density at radius 3 is 2.74 bits per heavy atom. The number of aryl methyl sites for hydroxylation is 2. The Bertz CT molecular complexity index is 805. The number of nitrogens with zero attached hydrogens (tertiary/aromatic N) is 3. The highest BCUT2D eigenvalue weighted by Crippen LogP contribution is 2.21. The van der Waals surface area contributed by atoms with E-state index in [1.54, 1.807) is 24.0 Å². The highest BCUT2D eigenvalue weighted by atomic mass is 16.4. The Balaban J connectivity index is 1.62. The van der Waals surface area contributed by atoms with Gasteiger partial charge in [0.2, 0.25) is 5.89 Å². The third-order valence-electron chi connectivity index (χ3n) is 3.61. The molecule has 2 heterocycles. The average Bonchev–Trinajstić information content (AvgIpc) is 3.14. The highest BCUT2D eigenvalue weighted by molar-refractivity contribution is 5.92. The molecule has 2 aromatic heterocycles. The van der Waals surface area contributed by atoms with E-state index in [0.717, 1.165) is 17.0 Å². The fourth-order valence-corrected chi connectivity index (χ4v) is 2.35. The molecule has 1 amide bonds. The van der Waals surface area contributed by atoms with E-state index < -0.39 is 0 Å².